The summed E-state index contributed by atoms with van der Waals surface area (Å²) in [5.41, 5.74) is 5.86. The lowest BCUT2D eigenvalue weighted by Crippen LogP contribution is -1.95. The summed E-state index contributed by atoms with van der Waals surface area (Å²) in [5.74, 6) is -0.249. The second-order valence-corrected chi connectivity index (χ2v) is 8.96. The summed E-state index contributed by atoms with van der Waals surface area (Å²) in [5, 5.41) is 31.4. The first-order valence-corrected chi connectivity index (χ1v) is 11.7. The highest BCUT2D eigenvalue weighted by atomic mass is 19.1. The number of hydrogen-bond donors (Lipinski definition) is 2. The summed E-state index contributed by atoms with van der Waals surface area (Å²) < 4.78 is 15.1. The summed E-state index contributed by atoms with van der Waals surface area (Å²) in [6, 6.07) is 22.8. The standard InChI is InChI=1S/C30H24FN3O3/c1-18-11-19(2)13-23(12-18)34-27-15-20(16-31)9-10-25(27)28(30(34)37)33-32-26-8-4-7-24(29(26)36)22-6-3-5-21(14-22)17-35/h3-15,17,36-37H,16H2,1-2H3. The number of aromatic nitrogens is 1. The number of hydrogen-bond acceptors (Lipinski definition) is 5. The van der Waals surface area contributed by atoms with Crippen LogP contribution in [0.4, 0.5) is 15.8 Å². The predicted molar refractivity (Wildman–Crippen MR) is 142 cm³/mol. The molecule has 0 amide bonds. The van der Waals surface area contributed by atoms with Crippen LogP contribution in [-0.4, -0.2) is 21.1 Å². The highest BCUT2D eigenvalue weighted by molar-refractivity contribution is 5.97. The summed E-state index contributed by atoms with van der Waals surface area (Å²) >= 11 is 0. The zero-order valence-corrected chi connectivity index (χ0v) is 20.3. The van der Waals surface area contributed by atoms with E-state index in [0.29, 0.717) is 33.2 Å². The molecule has 0 saturated heterocycles. The van der Waals surface area contributed by atoms with E-state index in [1.807, 2.05) is 32.0 Å². The molecule has 0 bridgehead atoms. The molecule has 37 heavy (non-hydrogen) atoms. The van der Waals surface area contributed by atoms with Gasteiger partial charge in [0.2, 0.25) is 5.88 Å². The molecule has 0 aliphatic carbocycles. The molecule has 184 valence electrons. The van der Waals surface area contributed by atoms with Gasteiger partial charge in [0.1, 0.15) is 18.6 Å². The van der Waals surface area contributed by atoms with Crippen LogP contribution in [0.5, 0.6) is 11.6 Å². The second-order valence-electron chi connectivity index (χ2n) is 8.96. The number of carbonyl (C=O) groups is 1. The van der Waals surface area contributed by atoms with Gasteiger partial charge in [-0.25, -0.2) is 4.39 Å². The molecule has 5 aromatic rings. The van der Waals surface area contributed by atoms with Crippen LogP contribution in [0.2, 0.25) is 0 Å². The van der Waals surface area contributed by atoms with Gasteiger partial charge in [-0.1, -0.05) is 48.5 Å². The maximum absolute atomic E-state index is 13.5. The Morgan fingerprint density at radius 1 is 0.892 bits per heavy atom. The lowest BCUT2D eigenvalue weighted by atomic mass is 10.0. The van der Waals surface area contributed by atoms with E-state index in [1.54, 1.807) is 65.2 Å². The van der Waals surface area contributed by atoms with E-state index in [2.05, 4.69) is 10.2 Å². The Morgan fingerprint density at radius 2 is 1.65 bits per heavy atom. The van der Waals surface area contributed by atoms with Crippen molar-refractivity contribution in [2.24, 2.45) is 10.2 Å². The monoisotopic (exact) mass is 493 g/mol. The largest absolute Gasteiger partial charge is 0.505 e. The van der Waals surface area contributed by atoms with Gasteiger partial charge < -0.3 is 10.2 Å². The molecule has 1 heterocycles. The number of fused-ring (bicyclic) bond motifs is 1. The number of nitrogens with zero attached hydrogens (tertiary/aromatic N) is 3. The predicted octanol–water partition coefficient (Wildman–Crippen LogP) is 8.02. The average molecular weight is 494 g/mol. The van der Waals surface area contributed by atoms with E-state index in [9.17, 15) is 19.4 Å². The summed E-state index contributed by atoms with van der Waals surface area (Å²) in [6.45, 7) is 3.29. The quantitative estimate of drug-likeness (QED) is 0.185. The maximum atomic E-state index is 13.5. The molecular weight excluding hydrogens is 469 g/mol. The van der Waals surface area contributed by atoms with E-state index in [-0.39, 0.29) is 23.0 Å². The van der Waals surface area contributed by atoms with Crippen molar-refractivity contribution in [2.45, 2.75) is 20.5 Å². The Morgan fingerprint density at radius 3 is 2.38 bits per heavy atom. The molecule has 4 aromatic carbocycles. The SMILES string of the molecule is Cc1cc(C)cc(-n2c(O)c(N=Nc3cccc(-c4cccc(C=O)c4)c3O)c3ccc(CF)cc32)c1. The fourth-order valence-corrected chi connectivity index (χ4v) is 4.55. The number of halogens is 1. The topological polar surface area (TPSA) is 87.2 Å². The Labute approximate surface area is 213 Å². The molecule has 0 unspecified atom stereocenters. The molecule has 0 aliphatic rings. The first-order valence-electron chi connectivity index (χ1n) is 11.7. The number of benzene rings is 4. The molecule has 0 saturated carbocycles. The number of phenols is 1. The Bertz CT molecular complexity index is 1670. The van der Waals surface area contributed by atoms with Crippen LogP contribution in [-0.2, 0) is 6.67 Å². The molecule has 7 heteroatoms. The molecule has 1 aromatic heterocycles. The van der Waals surface area contributed by atoms with Gasteiger partial charge in [0.25, 0.3) is 0 Å². The third kappa shape index (κ3) is 4.47. The lowest BCUT2D eigenvalue weighted by Gasteiger charge is -2.10. The summed E-state index contributed by atoms with van der Waals surface area (Å²) in [4.78, 5) is 11.2. The van der Waals surface area contributed by atoms with Crippen LogP contribution in [0, 0.1) is 13.8 Å². The van der Waals surface area contributed by atoms with Crippen LogP contribution in [0.15, 0.2) is 89.1 Å². The zero-order valence-electron chi connectivity index (χ0n) is 20.3. The van der Waals surface area contributed by atoms with Crippen molar-refractivity contribution < 1.29 is 19.4 Å². The van der Waals surface area contributed by atoms with Crippen molar-refractivity contribution in [2.75, 3.05) is 0 Å². The molecule has 0 radical (unpaired) electrons. The molecule has 0 aliphatic heterocycles. The third-order valence-electron chi connectivity index (χ3n) is 6.21. The molecule has 2 N–H and O–H groups in total. The Kier molecular flexibility index (Phi) is 6.27. The average Bonchev–Trinajstić information content (AvgIpc) is 3.17. The minimum Gasteiger partial charge on any atom is -0.505 e. The number of aromatic hydroxyl groups is 2. The smallest absolute Gasteiger partial charge is 0.225 e. The van der Waals surface area contributed by atoms with Crippen LogP contribution in [0.3, 0.4) is 0 Å². The van der Waals surface area contributed by atoms with Crippen molar-refractivity contribution in [3.8, 4) is 28.4 Å². The van der Waals surface area contributed by atoms with Gasteiger partial charge in [0, 0.05) is 22.2 Å². The number of aldehydes is 1. The highest BCUT2D eigenvalue weighted by Crippen LogP contribution is 2.44. The van der Waals surface area contributed by atoms with Gasteiger partial charge in [-0.15, -0.1) is 10.2 Å². The Hall–Kier alpha value is -4.78. The molecule has 0 atom stereocenters. The van der Waals surface area contributed by atoms with Crippen LogP contribution < -0.4 is 0 Å². The van der Waals surface area contributed by atoms with Crippen molar-refractivity contribution in [3.05, 3.63) is 101 Å². The lowest BCUT2D eigenvalue weighted by molar-refractivity contribution is 0.112. The van der Waals surface area contributed by atoms with Gasteiger partial charge in [-0.2, -0.15) is 0 Å². The fourth-order valence-electron chi connectivity index (χ4n) is 4.55. The Balaban J connectivity index is 1.65. The van der Waals surface area contributed by atoms with Gasteiger partial charge in [0.05, 0.1) is 5.52 Å². The summed E-state index contributed by atoms with van der Waals surface area (Å²) in [6.07, 6.45) is 0.743. The third-order valence-corrected chi connectivity index (χ3v) is 6.21. The maximum Gasteiger partial charge on any atom is 0.225 e. The van der Waals surface area contributed by atoms with E-state index in [4.69, 9.17) is 0 Å². The fraction of sp³-hybridized carbons (Fsp3) is 0.100. The van der Waals surface area contributed by atoms with E-state index >= 15 is 0 Å². The van der Waals surface area contributed by atoms with Gasteiger partial charge in [-0.05, 0) is 66.4 Å². The second kappa shape index (κ2) is 9.70. The number of rotatable bonds is 6. The number of carbonyl (C=O) groups excluding carboxylic acids is 1. The molecule has 0 fully saturated rings. The van der Waals surface area contributed by atoms with Gasteiger partial charge in [-0.3, -0.25) is 9.36 Å². The van der Waals surface area contributed by atoms with Gasteiger partial charge in [0.15, 0.2) is 11.4 Å². The number of aryl methyl sites for hydroxylation is 2. The molecule has 0 spiro atoms. The first kappa shape index (κ1) is 23.9. The normalized spacial score (nSPS) is 11.4. The minimum atomic E-state index is -0.641. The number of phenolic OH excluding ortho intramolecular Hbond substituents is 1. The van der Waals surface area contributed by atoms with E-state index < -0.39 is 6.67 Å². The van der Waals surface area contributed by atoms with Crippen LogP contribution in [0.25, 0.3) is 27.7 Å². The highest BCUT2D eigenvalue weighted by Gasteiger charge is 2.19. The number of azo groups is 1. The van der Waals surface area contributed by atoms with E-state index in [0.717, 1.165) is 23.1 Å². The molecule has 5 rings (SSSR count). The zero-order chi connectivity index (χ0) is 26.1. The van der Waals surface area contributed by atoms with Crippen LogP contribution in [0.1, 0.15) is 27.0 Å². The van der Waals surface area contributed by atoms with Gasteiger partial charge >= 0.3 is 0 Å². The molecular formula is C30H24FN3O3. The van der Waals surface area contributed by atoms with Crippen LogP contribution >= 0.6 is 0 Å². The van der Waals surface area contributed by atoms with Crippen molar-refractivity contribution in [1.82, 2.24) is 4.57 Å². The van der Waals surface area contributed by atoms with Crippen molar-refractivity contribution in [1.29, 1.82) is 0 Å². The van der Waals surface area contributed by atoms with Crippen molar-refractivity contribution in [3.63, 3.8) is 0 Å². The number of alkyl halides is 1. The number of para-hydroxylation sites is 1. The minimum absolute atomic E-state index is 0.105. The first-order chi connectivity index (χ1) is 17.9. The van der Waals surface area contributed by atoms with Crippen molar-refractivity contribution >= 4 is 28.6 Å². The van der Waals surface area contributed by atoms with E-state index in [1.165, 1.54) is 0 Å². The molecule has 6 nitrogen and oxygen atoms in total. The summed E-state index contributed by atoms with van der Waals surface area (Å²) in [7, 11) is 0.